The van der Waals surface area contributed by atoms with E-state index in [0.29, 0.717) is 23.8 Å². The molecule has 2 atom stereocenters. The van der Waals surface area contributed by atoms with Crippen LogP contribution in [0.5, 0.6) is 5.75 Å². The van der Waals surface area contributed by atoms with Crippen molar-refractivity contribution in [2.24, 2.45) is 4.99 Å². The molecule has 1 aromatic heterocycles. The lowest BCUT2D eigenvalue weighted by Crippen LogP contribution is -2.43. The van der Waals surface area contributed by atoms with Crippen LogP contribution in [0.3, 0.4) is 0 Å². The van der Waals surface area contributed by atoms with Crippen LogP contribution in [0.25, 0.3) is 0 Å². The zero-order valence-electron chi connectivity index (χ0n) is 14.8. The van der Waals surface area contributed by atoms with Crippen molar-refractivity contribution in [3.8, 4) is 5.75 Å². The van der Waals surface area contributed by atoms with Gasteiger partial charge in [0.05, 0.1) is 25.4 Å². The molecule has 2 aliphatic heterocycles. The lowest BCUT2D eigenvalue weighted by Gasteiger charge is -2.37. The van der Waals surface area contributed by atoms with Gasteiger partial charge in [0.1, 0.15) is 11.5 Å². The third-order valence-electron chi connectivity index (χ3n) is 4.85. The minimum Gasteiger partial charge on any atom is -0.495 e. The van der Waals surface area contributed by atoms with Crippen LogP contribution in [-0.2, 0) is 16.0 Å². The molecule has 2 N–H and O–H groups in total. The smallest absolute Gasteiger partial charge is 0.354 e. The summed E-state index contributed by atoms with van der Waals surface area (Å²) in [4.78, 5) is 20.5. The van der Waals surface area contributed by atoms with Gasteiger partial charge in [0.25, 0.3) is 0 Å². The monoisotopic (exact) mass is 371 g/mol. The zero-order valence-corrected chi connectivity index (χ0v) is 15.6. The maximum absolute atomic E-state index is 12.5. The maximum Gasteiger partial charge on any atom is 0.354 e. The van der Waals surface area contributed by atoms with Gasteiger partial charge in [-0.2, -0.15) is 0 Å². The van der Waals surface area contributed by atoms with Crippen LogP contribution in [0.4, 0.5) is 11.4 Å². The molecule has 0 bridgehead atoms. The van der Waals surface area contributed by atoms with Crippen LogP contribution in [0.1, 0.15) is 30.0 Å². The van der Waals surface area contributed by atoms with Crippen molar-refractivity contribution in [3.63, 3.8) is 0 Å². The molecule has 2 aromatic rings. The number of hydrogen-bond donors (Lipinski definition) is 1. The summed E-state index contributed by atoms with van der Waals surface area (Å²) in [6, 6.07) is 7.88. The lowest BCUT2D eigenvalue weighted by atomic mass is 9.93. The Kier molecular flexibility index (Phi) is 4.32. The van der Waals surface area contributed by atoms with E-state index < -0.39 is 0 Å². The fourth-order valence-electron chi connectivity index (χ4n) is 3.73. The molecule has 3 heterocycles. The van der Waals surface area contributed by atoms with Crippen molar-refractivity contribution >= 4 is 34.4 Å². The molecule has 0 radical (unpaired) electrons. The standard InChI is InChI=1S/C19H21N3O3S/c1-3-25-19(23)17-13-7-6-11-9-15(24-2)12(20)10-14(11)22(13)18(21-17)16-5-4-8-26-16/h4-5,8-10,13,18H,3,6-7,20H2,1-2H3. The molecule has 7 heteroatoms. The number of carbonyl (C=O) groups excluding carboxylic acids is 1. The summed E-state index contributed by atoms with van der Waals surface area (Å²) in [5.41, 5.74) is 9.43. The quantitative estimate of drug-likeness (QED) is 0.660. The number of anilines is 2. The fourth-order valence-corrected chi connectivity index (χ4v) is 4.49. The van der Waals surface area contributed by atoms with E-state index in [4.69, 9.17) is 20.2 Å². The van der Waals surface area contributed by atoms with E-state index in [0.717, 1.165) is 29.0 Å². The van der Waals surface area contributed by atoms with Crippen molar-refractivity contribution in [2.45, 2.75) is 32.0 Å². The number of nitrogen functional groups attached to an aromatic ring is 1. The first-order chi connectivity index (χ1) is 12.6. The van der Waals surface area contributed by atoms with E-state index in [1.165, 1.54) is 0 Å². The van der Waals surface area contributed by atoms with E-state index in [9.17, 15) is 4.79 Å². The van der Waals surface area contributed by atoms with E-state index in [2.05, 4.69) is 4.90 Å². The Balaban J connectivity index is 1.81. The number of benzene rings is 1. The Morgan fingerprint density at radius 1 is 1.46 bits per heavy atom. The van der Waals surface area contributed by atoms with Crippen LogP contribution < -0.4 is 15.4 Å². The number of esters is 1. The average molecular weight is 371 g/mol. The SMILES string of the molecule is CCOC(=O)C1=NC(c2cccs2)N2c3cc(N)c(OC)cc3CCC12. The van der Waals surface area contributed by atoms with E-state index in [1.807, 2.05) is 36.6 Å². The number of fused-ring (bicyclic) bond motifs is 3. The van der Waals surface area contributed by atoms with Crippen LogP contribution in [0.15, 0.2) is 34.6 Å². The van der Waals surface area contributed by atoms with E-state index >= 15 is 0 Å². The van der Waals surface area contributed by atoms with Gasteiger partial charge in [0.2, 0.25) is 0 Å². The first kappa shape index (κ1) is 16.9. The highest BCUT2D eigenvalue weighted by Crippen LogP contribution is 2.45. The molecule has 0 aliphatic carbocycles. The number of aryl methyl sites for hydroxylation is 1. The number of nitrogens with zero attached hydrogens (tertiary/aromatic N) is 2. The zero-order chi connectivity index (χ0) is 18.3. The highest BCUT2D eigenvalue weighted by atomic mass is 32.1. The number of nitrogens with two attached hydrogens (primary N) is 1. The van der Waals surface area contributed by atoms with Crippen LogP contribution in [0.2, 0.25) is 0 Å². The molecule has 0 spiro atoms. The Hall–Kier alpha value is -2.54. The molecule has 2 unspecified atom stereocenters. The Bertz CT molecular complexity index is 863. The first-order valence-corrected chi connectivity index (χ1v) is 9.55. The summed E-state index contributed by atoms with van der Waals surface area (Å²) < 4.78 is 10.6. The third-order valence-corrected chi connectivity index (χ3v) is 5.77. The molecule has 0 amide bonds. The van der Waals surface area contributed by atoms with Gasteiger partial charge in [-0.3, -0.25) is 0 Å². The molecule has 136 valence electrons. The van der Waals surface area contributed by atoms with Gasteiger partial charge in [-0.15, -0.1) is 11.3 Å². The maximum atomic E-state index is 12.5. The van der Waals surface area contributed by atoms with E-state index in [-0.39, 0.29) is 18.2 Å². The van der Waals surface area contributed by atoms with E-state index in [1.54, 1.807) is 18.4 Å². The number of ether oxygens (including phenoxy) is 2. The summed E-state index contributed by atoms with van der Waals surface area (Å²) in [6.45, 7) is 2.15. The van der Waals surface area contributed by atoms with Crippen molar-refractivity contribution < 1.29 is 14.3 Å². The summed E-state index contributed by atoms with van der Waals surface area (Å²) in [7, 11) is 1.62. The van der Waals surface area contributed by atoms with Gasteiger partial charge in [0.15, 0.2) is 6.17 Å². The Labute approximate surface area is 156 Å². The van der Waals surface area contributed by atoms with Crippen molar-refractivity contribution in [1.82, 2.24) is 0 Å². The lowest BCUT2D eigenvalue weighted by molar-refractivity contribution is -0.135. The molecule has 26 heavy (non-hydrogen) atoms. The number of methoxy groups -OCH3 is 1. The average Bonchev–Trinajstić information content (AvgIpc) is 3.28. The van der Waals surface area contributed by atoms with Crippen molar-refractivity contribution in [3.05, 3.63) is 40.1 Å². The first-order valence-electron chi connectivity index (χ1n) is 8.67. The number of hydrogen-bond acceptors (Lipinski definition) is 7. The van der Waals surface area contributed by atoms with Crippen LogP contribution >= 0.6 is 11.3 Å². The summed E-state index contributed by atoms with van der Waals surface area (Å²) in [5.74, 6) is 0.354. The van der Waals surface area contributed by atoms with Gasteiger partial charge in [-0.05, 0) is 48.9 Å². The molecular formula is C19H21N3O3S. The Morgan fingerprint density at radius 2 is 2.31 bits per heavy atom. The molecule has 4 rings (SSSR count). The van der Waals surface area contributed by atoms with Crippen molar-refractivity contribution in [1.29, 1.82) is 0 Å². The predicted octanol–water partition coefficient (Wildman–Crippen LogP) is 3.18. The predicted molar refractivity (Wildman–Crippen MR) is 103 cm³/mol. The van der Waals surface area contributed by atoms with Crippen LogP contribution in [-0.4, -0.2) is 31.4 Å². The summed E-state index contributed by atoms with van der Waals surface area (Å²) in [5, 5.41) is 2.02. The number of thiophene rings is 1. The molecule has 2 aliphatic rings. The minimum atomic E-state index is -0.327. The van der Waals surface area contributed by atoms with Crippen LogP contribution in [0, 0.1) is 0 Å². The largest absolute Gasteiger partial charge is 0.495 e. The summed E-state index contributed by atoms with van der Waals surface area (Å²) in [6.07, 6.45) is 1.41. The second-order valence-corrected chi connectivity index (χ2v) is 7.29. The highest BCUT2D eigenvalue weighted by molar-refractivity contribution is 7.10. The molecule has 1 aromatic carbocycles. The van der Waals surface area contributed by atoms with Gasteiger partial charge < -0.3 is 20.1 Å². The van der Waals surface area contributed by atoms with Gasteiger partial charge in [-0.25, -0.2) is 9.79 Å². The molecular weight excluding hydrogens is 350 g/mol. The normalized spacial score (nSPS) is 21.0. The second-order valence-electron chi connectivity index (χ2n) is 6.31. The summed E-state index contributed by atoms with van der Waals surface area (Å²) >= 11 is 1.63. The van der Waals surface area contributed by atoms with Crippen molar-refractivity contribution in [2.75, 3.05) is 24.4 Å². The molecule has 0 saturated heterocycles. The highest BCUT2D eigenvalue weighted by Gasteiger charge is 2.44. The minimum absolute atomic E-state index is 0.0959. The van der Waals surface area contributed by atoms with Gasteiger partial charge in [-0.1, -0.05) is 6.07 Å². The molecule has 0 saturated carbocycles. The number of carbonyl (C=O) groups is 1. The third kappa shape index (κ3) is 2.63. The number of aliphatic imine (C=N–C) groups is 1. The second kappa shape index (κ2) is 6.64. The number of rotatable bonds is 4. The van der Waals surface area contributed by atoms with Gasteiger partial charge >= 0.3 is 5.97 Å². The molecule has 0 fully saturated rings. The molecule has 6 nitrogen and oxygen atoms in total. The fraction of sp³-hybridized carbons (Fsp3) is 0.368. The van der Waals surface area contributed by atoms with Gasteiger partial charge in [0, 0.05) is 10.6 Å². The Morgan fingerprint density at radius 3 is 3.00 bits per heavy atom. The topological polar surface area (TPSA) is 77.2 Å².